The predicted molar refractivity (Wildman–Crippen MR) is 120 cm³/mol. The van der Waals surface area contributed by atoms with Gasteiger partial charge in [-0.15, -0.1) is 0 Å². The van der Waals surface area contributed by atoms with Gasteiger partial charge < -0.3 is 9.84 Å². The lowest BCUT2D eigenvalue weighted by atomic mass is 9.90. The number of aromatic nitrogens is 1. The van der Waals surface area contributed by atoms with E-state index >= 15 is 0 Å². The molecule has 1 amide bonds. The van der Waals surface area contributed by atoms with E-state index in [9.17, 15) is 14.3 Å². The predicted octanol–water partition coefficient (Wildman–Crippen LogP) is 5.16. The summed E-state index contributed by atoms with van der Waals surface area (Å²) in [7, 11) is 0. The molecule has 1 aliphatic heterocycles. The first-order valence-corrected chi connectivity index (χ1v) is 10.9. The number of halogens is 1. The zero-order valence-electron chi connectivity index (χ0n) is 19.2. The number of anilines is 1. The topological polar surface area (TPSA) is 62.7 Å². The van der Waals surface area contributed by atoms with E-state index in [4.69, 9.17) is 9.72 Å². The number of pyridine rings is 1. The Morgan fingerprint density at radius 3 is 2.52 bits per heavy atom. The van der Waals surface area contributed by atoms with E-state index in [0.29, 0.717) is 19.4 Å². The van der Waals surface area contributed by atoms with Gasteiger partial charge >= 0.3 is 6.09 Å². The summed E-state index contributed by atoms with van der Waals surface area (Å²) in [6.45, 7) is 10.4. The lowest BCUT2D eigenvalue weighted by molar-refractivity contribution is 0.0579. The zero-order valence-corrected chi connectivity index (χ0v) is 19.2. The number of benzene rings is 1. The Hall–Kier alpha value is -2.47. The number of aliphatic hydroxyl groups excluding tert-OH is 1. The van der Waals surface area contributed by atoms with Crippen molar-refractivity contribution in [3.05, 3.63) is 58.7 Å². The van der Waals surface area contributed by atoms with Crippen LogP contribution in [-0.2, 0) is 23.0 Å². The molecule has 0 bridgehead atoms. The van der Waals surface area contributed by atoms with E-state index in [1.165, 1.54) is 12.1 Å². The fourth-order valence-corrected chi connectivity index (χ4v) is 3.92. The summed E-state index contributed by atoms with van der Waals surface area (Å²) in [6.07, 6.45) is 2.50. The van der Waals surface area contributed by atoms with Gasteiger partial charge in [0, 0.05) is 24.3 Å². The number of aliphatic hydroxyl groups is 1. The molecule has 0 unspecified atom stereocenters. The van der Waals surface area contributed by atoms with E-state index in [-0.39, 0.29) is 23.9 Å². The van der Waals surface area contributed by atoms with Crippen molar-refractivity contribution in [1.29, 1.82) is 0 Å². The Labute approximate surface area is 184 Å². The smallest absolute Gasteiger partial charge is 0.414 e. The van der Waals surface area contributed by atoms with Crippen LogP contribution in [0.4, 0.5) is 14.9 Å². The monoisotopic (exact) mass is 428 g/mol. The van der Waals surface area contributed by atoms with Gasteiger partial charge in [0.2, 0.25) is 0 Å². The number of fused-ring (bicyclic) bond motifs is 1. The number of ether oxygens (including phenoxy) is 1. The third-order valence-corrected chi connectivity index (χ3v) is 5.40. The highest BCUT2D eigenvalue weighted by atomic mass is 19.1. The molecule has 1 N–H and O–H groups in total. The van der Waals surface area contributed by atoms with Crippen molar-refractivity contribution < 1.29 is 19.0 Å². The van der Waals surface area contributed by atoms with E-state index in [0.717, 1.165) is 41.0 Å². The molecule has 0 spiro atoms. The van der Waals surface area contributed by atoms with E-state index in [1.54, 1.807) is 17.0 Å². The molecule has 168 valence electrons. The van der Waals surface area contributed by atoms with Crippen molar-refractivity contribution in [2.75, 3.05) is 18.1 Å². The zero-order chi connectivity index (χ0) is 22.8. The van der Waals surface area contributed by atoms with Gasteiger partial charge in [-0.25, -0.2) is 9.18 Å². The maximum Gasteiger partial charge on any atom is 0.414 e. The summed E-state index contributed by atoms with van der Waals surface area (Å²) in [5.41, 5.74) is 3.74. The highest BCUT2D eigenvalue weighted by Crippen LogP contribution is 2.41. The normalized spacial score (nSPS) is 15.1. The molecule has 5 nitrogen and oxygen atoms in total. The second-order valence-electron chi connectivity index (χ2n) is 9.90. The van der Waals surface area contributed by atoms with Gasteiger partial charge in [0.05, 0.1) is 11.4 Å². The number of amides is 1. The standard InChI is InChI=1S/C25H33FN2O3/c1-24(2,3)31-23(30)28-16-25(4,5)22-21(28)15-18(20(27-22)8-6-7-13-29)14-17-9-11-19(26)12-10-17/h9-12,15,29H,6-8,13-14,16H2,1-5H3. The van der Waals surface area contributed by atoms with E-state index < -0.39 is 5.60 Å². The average Bonchev–Trinajstić information content (AvgIpc) is 2.93. The minimum atomic E-state index is -0.585. The van der Waals surface area contributed by atoms with Gasteiger partial charge in [0.15, 0.2) is 0 Å². The highest BCUT2D eigenvalue weighted by Gasteiger charge is 2.41. The van der Waals surface area contributed by atoms with Crippen LogP contribution in [0.2, 0.25) is 0 Å². The van der Waals surface area contributed by atoms with Gasteiger partial charge in [-0.2, -0.15) is 0 Å². The van der Waals surface area contributed by atoms with Crippen molar-refractivity contribution in [3.8, 4) is 0 Å². The first kappa shape index (κ1) is 23.2. The molecule has 3 rings (SSSR count). The summed E-state index contributed by atoms with van der Waals surface area (Å²) < 4.78 is 19.0. The molecule has 0 atom stereocenters. The second kappa shape index (κ2) is 8.95. The molecule has 31 heavy (non-hydrogen) atoms. The Morgan fingerprint density at radius 1 is 1.23 bits per heavy atom. The summed E-state index contributed by atoms with van der Waals surface area (Å²) in [5, 5.41) is 9.19. The fourth-order valence-electron chi connectivity index (χ4n) is 3.92. The third-order valence-electron chi connectivity index (χ3n) is 5.40. The van der Waals surface area contributed by atoms with Gasteiger partial charge in [-0.05, 0) is 75.8 Å². The largest absolute Gasteiger partial charge is 0.443 e. The van der Waals surface area contributed by atoms with E-state index in [2.05, 4.69) is 13.8 Å². The van der Waals surface area contributed by atoms with Crippen LogP contribution in [0.5, 0.6) is 0 Å². The van der Waals surface area contributed by atoms with Gasteiger partial charge in [0.1, 0.15) is 11.4 Å². The van der Waals surface area contributed by atoms with Crippen LogP contribution < -0.4 is 4.90 Å². The van der Waals surface area contributed by atoms with Gasteiger partial charge in [-0.1, -0.05) is 26.0 Å². The van der Waals surface area contributed by atoms with Crippen molar-refractivity contribution in [2.24, 2.45) is 0 Å². The molecule has 1 aliphatic rings. The van der Waals surface area contributed by atoms with Gasteiger partial charge in [0.25, 0.3) is 0 Å². The maximum absolute atomic E-state index is 13.4. The van der Waals surface area contributed by atoms with Crippen molar-refractivity contribution in [1.82, 2.24) is 4.98 Å². The number of carbonyl (C=O) groups is 1. The molecule has 1 aromatic carbocycles. The molecule has 0 saturated carbocycles. The number of hydrogen-bond acceptors (Lipinski definition) is 4. The highest BCUT2D eigenvalue weighted by molar-refractivity contribution is 5.91. The SMILES string of the molecule is CC(C)(C)OC(=O)N1CC(C)(C)c2nc(CCCCO)c(Cc3ccc(F)cc3)cc21. The van der Waals surface area contributed by atoms with Crippen LogP contribution in [0.15, 0.2) is 30.3 Å². The number of unbranched alkanes of at least 4 members (excludes halogenated alkanes) is 1. The lowest BCUT2D eigenvalue weighted by Crippen LogP contribution is -2.38. The third kappa shape index (κ3) is 5.62. The number of aryl methyl sites for hydroxylation is 1. The molecule has 0 aliphatic carbocycles. The van der Waals surface area contributed by atoms with Crippen LogP contribution in [-0.4, -0.2) is 34.9 Å². The molecule has 2 heterocycles. The first-order valence-electron chi connectivity index (χ1n) is 10.9. The van der Waals surface area contributed by atoms with Crippen LogP contribution in [0.1, 0.15) is 70.0 Å². The number of rotatable bonds is 6. The van der Waals surface area contributed by atoms with Crippen LogP contribution in [0.3, 0.4) is 0 Å². The Bertz CT molecular complexity index is 933. The number of nitrogens with zero attached hydrogens (tertiary/aromatic N) is 2. The summed E-state index contributed by atoms with van der Waals surface area (Å²) in [6, 6.07) is 8.50. The Kier molecular flexibility index (Phi) is 6.70. The molecule has 6 heteroatoms. The Morgan fingerprint density at radius 2 is 1.90 bits per heavy atom. The summed E-state index contributed by atoms with van der Waals surface area (Å²) >= 11 is 0. The molecular weight excluding hydrogens is 395 g/mol. The molecule has 2 aromatic rings. The van der Waals surface area contributed by atoms with Crippen LogP contribution >= 0.6 is 0 Å². The summed E-state index contributed by atoms with van der Waals surface area (Å²) in [4.78, 5) is 19.6. The minimum Gasteiger partial charge on any atom is -0.443 e. The van der Waals surface area contributed by atoms with Crippen molar-refractivity contribution >= 4 is 11.8 Å². The maximum atomic E-state index is 13.4. The lowest BCUT2D eigenvalue weighted by Gasteiger charge is -2.25. The average molecular weight is 429 g/mol. The van der Waals surface area contributed by atoms with Crippen molar-refractivity contribution in [2.45, 2.75) is 71.3 Å². The number of carbonyl (C=O) groups excluding carboxylic acids is 1. The molecule has 0 radical (unpaired) electrons. The quantitative estimate of drug-likeness (QED) is 0.646. The van der Waals surface area contributed by atoms with Gasteiger partial charge in [-0.3, -0.25) is 9.88 Å². The van der Waals surface area contributed by atoms with E-state index in [1.807, 2.05) is 26.8 Å². The molecular formula is C25H33FN2O3. The minimum absolute atomic E-state index is 0.149. The van der Waals surface area contributed by atoms with Crippen LogP contribution in [0.25, 0.3) is 0 Å². The molecule has 1 aromatic heterocycles. The molecule has 0 saturated heterocycles. The number of hydrogen-bond donors (Lipinski definition) is 1. The van der Waals surface area contributed by atoms with Crippen molar-refractivity contribution in [3.63, 3.8) is 0 Å². The fraction of sp³-hybridized carbons (Fsp3) is 0.520. The Balaban J connectivity index is 2.01. The second-order valence-corrected chi connectivity index (χ2v) is 9.90. The van der Waals surface area contributed by atoms with Crippen LogP contribution in [0, 0.1) is 5.82 Å². The molecule has 0 fully saturated rings. The summed E-state index contributed by atoms with van der Waals surface area (Å²) in [5.74, 6) is -0.267. The first-order chi connectivity index (χ1) is 14.5.